The number of hydrogen-bond acceptors (Lipinski definition) is 6. The van der Waals surface area contributed by atoms with Gasteiger partial charge >= 0.3 is 18.1 Å². The number of nitrogens with one attached hydrogen (secondary N) is 1. The number of carbonyl (C=O) groups excluding carboxylic acids is 2. The molecule has 1 N–H and O–H groups in total. The SMILES string of the molecule is CCCCCCCCCCCC(=O)OCCOCCOC(=O)c1ccccc1Nc1cccc(C(F)(F)F)c1. The Balaban J connectivity index is 1.59. The third-order valence-corrected chi connectivity index (χ3v) is 6.05. The van der Waals surface area contributed by atoms with Crippen LogP contribution < -0.4 is 5.32 Å². The molecule has 39 heavy (non-hydrogen) atoms. The second-order valence-corrected chi connectivity index (χ2v) is 9.30. The minimum atomic E-state index is -4.47. The second-order valence-electron chi connectivity index (χ2n) is 9.30. The van der Waals surface area contributed by atoms with E-state index in [1.165, 1.54) is 56.7 Å². The fourth-order valence-corrected chi connectivity index (χ4v) is 3.94. The molecule has 0 bridgehead atoms. The fourth-order valence-electron chi connectivity index (χ4n) is 3.94. The summed E-state index contributed by atoms with van der Waals surface area (Å²) in [4.78, 5) is 24.3. The summed E-state index contributed by atoms with van der Waals surface area (Å²) in [6, 6.07) is 11.1. The van der Waals surface area contributed by atoms with Crippen molar-refractivity contribution in [1.29, 1.82) is 0 Å². The van der Waals surface area contributed by atoms with Crippen LogP contribution in [0, 0.1) is 0 Å². The lowest BCUT2D eigenvalue weighted by Crippen LogP contribution is -2.15. The first-order valence-electron chi connectivity index (χ1n) is 13.7. The monoisotopic (exact) mass is 551 g/mol. The third-order valence-electron chi connectivity index (χ3n) is 6.05. The van der Waals surface area contributed by atoms with Crippen molar-refractivity contribution in [3.8, 4) is 0 Å². The highest BCUT2D eigenvalue weighted by Crippen LogP contribution is 2.32. The number of unbranched alkanes of at least 4 members (excludes halogenated alkanes) is 8. The van der Waals surface area contributed by atoms with E-state index >= 15 is 0 Å². The molecule has 0 unspecified atom stereocenters. The molecule has 0 fully saturated rings. The van der Waals surface area contributed by atoms with Crippen molar-refractivity contribution in [3.63, 3.8) is 0 Å². The molecular formula is C30H40F3NO5. The number of rotatable bonds is 19. The smallest absolute Gasteiger partial charge is 0.416 e. The van der Waals surface area contributed by atoms with E-state index in [4.69, 9.17) is 14.2 Å². The molecule has 0 saturated heterocycles. The quantitative estimate of drug-likeness (QED) is 0.141. The van der Waals surface area contributed by atoms with Crippen LogP contribution in [0.3, 0.4) is 0 Å². The van der Waals surface area contributed by atoms with E-state index in [1.807, 2.05) is 0 Å². The lowest BCUT2D eigenvalue weighted by molar-refractivity contribution is -0.145. The van der Waals surface area contributed by atoms with E-state index in [-0.39, 0.29) is 43.6 Å². The summed E-state index contributed by atoms with van der Waals surface area (Å²) in [5.41, 5.74) is -0.0957. The summed E-state index contributed by atoms with van der Waals surface area (Å²) in [6.07, 6.45) is 6.59. The van der Waals surface area contributed by atoms with Crippen molar-refractivity contribution >= 4 is 23.3 Å². The van der Waals surface area contributed by atoms with Crippen molar-refractivity contribution < 1.29 is 37.0 Å². The van der Waals surface area contributed by atoms with Crippen LogP contribution in [0.15, 0.2) is 48.5 Å². The summed E-state index contributed by atoms with van der Waals surface area (Å²) in [6.45, 7) is 2.62. The van der Waals surface area contributed by atoms with Crippen LogP contribution in [-0.2, 0) is 25.2 Å². The van der Waals surface area contributed by atoms with Crippen LogP contribution in [-0.4, -0.2) is 38.4 Å². The third kappa shape index (κ3) is 13.5. The van der Waals surface area contributed by atoms with Crippen LogP contribution in [0.4, 0.5) is 24.5 Å². The number of hydrogen-bond donors (Lipinski definition) is 1. The largest absolute Gasteiger partial charge is 0.463 e. The minimum Gasteiger partial charge on any atom is -0.463 e. The summed E-state index contributed by atoms with van der Waals surface area (Å²) in [5, 5.41) is 2.85. The van der Waals surface area contributed by atoms with Gasteiger partial charge in [-0.25, -0.2) is 4.79 Å². The standard InChI is InChI=1S/C30H40F3NO5/c1-2-3-4-5-6-7-8-9-10-18-28(35)38-21-19-37-20-22-39-29(36)26-16-11-12-17-27(26)34-25-15-13-14-24(23-25)30(31,32)33/h11-17,23,34H,2-10,18-22H2,1H3. The predicted octanol–water partition coefficient (Wildman–Crippen LogP) is 8.09. The molecule has 2 aromatic rings. The Morgan fingerprint density at radius 2 is 1.41 bits per heavy atom. The number of anilines is 2. The first kappa shape index (κ1) is 32.1. The van der Waals surface area contributed by atoms with Gasteiger partial charge in [0.1, 0.15) is 13.2 Å². The van der Waals surface area contributed by atoms with Gasteiger partial charge in [0.05, 0.1) is 30.0 Å². The highest BCUT2D eigenvalue weighted by Gasteiger charge is 2.30. The van der Waals surface area contributed by atoms with Gasteiger partial charge in [0.2, 0.25) is 0 Å². The molecule has 0 spiro atoms. The Morgan fingerprint density at radius 1 is 0.769 bits per heavy atom. The zero-order valence-corrected chi connectivity index (χ0v) is 22.7. The van der Waals surface area contributed by atoms with Crippen LogP contribution in [0.1, 0.15) is 87.1 Å². The van der Waals surface area contributed by atoms with Gasteiger partial charge in [-0.1, -0.05) is 76.5 Å². The molecule has 0 aliphatic heterocycles. The Bertz CT molecular complexity index is 997. The number of carbonyl (C=O) groups is 2. The molecule has 0 atom stereocenters. The molecule has 6 nitrogen and oxygen atoms in total. The summed E-state index contributed by atoms with van der Waals surface area (Å²) >= 11 is 0. The van der Waals surface area contributed by atoms with Gasteiger partial charge in [-0.2, -0.15) is 13.2 Å². The molecule has 0 aliphatic carbocycles. The maximum Gasteiger partial charge on any atom is 0.416 e. The van der Waals surface area contributed by atoms with Gasteiger partial charge in [-0.05, 0) is 36.8 Å². The van der Waals surface area contributed by atoms with E-state index in [0.717, 1.165) is 31.4 Å². The Labute approximate surface area is 229 Å². The van der Waals surface area contributed by atoms with E-state index in [1.54, 1.807) is 18.2 Å². The Kier molecular flexibility index (Phi) is 15.0. The Morgan fingerprint density at radius 3 is 2.10 bits per heavy atom. The predicted molar refractivity (Wildman–Crippen MR) is 145 cm³/mol. The fraction of sp³-hybridized carbons (Fsp3) is 0.533. The normalized spacial score (nSPS) is 11.3. The van der Waals surface area contributed by atoms with Crippen LogP contribution in [0.25, 0.3) is 0 Å². The molecule has 0 radical (unpaired) electrons. The molecule has 0 amide bonds. The van der Waals surface area contributed by atoms with E-state index in [0.29, 0.717) is 12.1 Å². The number of esters is 2. The number of para-hydroxylation sites is 1. The lowest BCUT2D eigenvalue weighted by Gasteiger charge is -2.13. The summed E-state index contributed by atoms with van der Waals surface area (Å²) in [7, 11) is 0. The first-order valence-corrected chi connectivity index (χ1v) is 13.7. The minimum absolute atomic E-state index is 0.0247. The molecule has 2 rings (SSSR count). The van der Waals surface area contributed by atoms with Crippen molar-refractivity contribution in [1.82, 2.24) is 0 Å². The zero-order chi connectivity index (χ0) is 28.3. The summed E-state index contributed by atoms with van der Waals surface area (Å²) < 4.78 is 54.7. The van der Waals surface area contributed by atoms with Gasteiger partial charge in [0.25, 0.3) is 0 Å². The molecule has 0 saturated carbocycles. The zero-order valence-electron chi connectivity index (χ0n) is 22.7. The molecule has 9 heteroatoms. The maximum atomic E-state index is 13.0. The number of halogens is 3. The lowest BCUT2D eigenvalue weighted by atomic mass is 10.1. The Hall–Kier alpha value is -3.07. The number of alkyl halides is 3. The van der Waals surface area contributed by atoms with Crippen molar-refractivity contribution in [3.05, 3.63) is 59.7 Å². The molecule has 0 aromatic heterocycles. The van der Waals surface area contributed by atoms with Crippen molar-refractivity contribution in [2.24, 2.45) is 0 Å². The van der Waals surface area contributed by atoms with Gasteiger partial charge in [-0.15, -0.1) is 0 Å². The van der Waals surface area contributed by atoms with E-state index in [2.05, 4.69) is 12.2 Å². The van der Waals surface area contributed by atoms with E-state index in [9.17, 15) is 22.8 Å². The maximum absolute atomic E-state index is 13.0. The topological polar surface area (TPSA) is 73.9 Å². The first-order chi connectivity index (χ1) is 18.8. The second kappa shape index (κ2) is 18.3. The molecule has 0 heterocycles. The number of ether oxygens (including phenoxy) is 3. The van der Waals surface area contributed by atoms with Crippen molar-refractivity contribution in [2.75, 3.05) is 31.7 Å². The van der Waals surface area contributed by atoms with Gasteiger partial charge in [0, 0.05) is 12.1 Å². The van der Waals surface area contributed by atoms with Gasteiger partial charge in [-0.3, -0.25) is 4.79 Å². The van der Waals surface area contributed by atoms with E-state index < -0.39 is 17.7 Å². The van der Waals surface area contributed by atoms with Gasteiger partial charge < -0.3 is 19.5 Å². The molecule has 0 aliphatic rings. The van der Waals surface area contributed by atoms with Crippen LogP contribution in [0.2, 0.25) is 0 Å². The average molecular weight is 552 g/mol. The molecule has 216 valence electrons. The van der Waals surface area contributed by atoms with Gasteiger partial charge in [0.15, 0.2) is 0 Å². The van der Waals surface area contributed by atoms with Crippen LogP contribution >= 0.6 is 0 Å². The van der Waals surface area contributed by atoms with Crippen molar-refractivity contribution in [2.45, 2.75) is 77.3 Å². The molecular weight excluding hydrogens is 511 g/mol. The average Bonchev–Trinajstić information content (AvgIpc) is 2.91. The van der Waals surface area contributed by atoms with Crippen LogP contribution in [0.5, 0.6) is 0 Å². The highest BCUT2D eigenvalue weighted by molar-refractivity contribution is 5.96. The summed E-state index contributed by atoms with van der Waals surface area (Å²) in [5.74, 6) is -0.876. The number of benzene rings is 2. The molecule has 2 aromatic carbocycles. The highest BCUT2D eigenvalue weighted by atomic mass is 19.4.